The predicted molar refractivity (Wildman–Crippen MR) is 70.9 cm³/mol. The molecule has 0 bridgehead atoms. The van der Waals surface area contributed by atoms with Gasteiger partial charge in [0.05, 0.1) is 13.2 Å². The molecule has 5 heteroatoms. The fourth-order valence-electron chi connectivity index (χ4n) is 1.76. The maximum atomic E-state index is 13.1. The fourth-order valence-corrected chi connectivity index (χ4v) is 2.00. The molecule has 100 valence electrons. The Balaban J connectivity index is 2.15. The Morgan fingerprint density at radius 1 is 1.37 bits per heavy atom. The number of halogens is 2. The standard InChI is InChI=1S/C14H13ClFNO2/c1-19-14-5-2-9(8-17-14)6-13(18)11-7-10(16)3-4-12(11)15/h2-5,7-8,13,18H,6H2,1H3. The van der Waals surface area contributed by atoms with E-state index in [1.165, 1.54) is 25.3 Å². The summed E-state index contributed by atoms with van der Waals surface area (Å²) in [4.78, 5) is 4.04. The first-order valence-corrected chi connectivity index (χ1v) is 6.10. The van der Waals surface area contributed by atoms with Gasteiger partial charge in [-0.1, -0.05) is 17.7 Å². The van der Waals surface area contributed by atoms with Gasteiger partial charge in [-0.05, 0) is 23.8 Å². The van der Waals surface area contributed by atoms with Crippen LogP contribution < -0.4 is 4.74 Å². The molecule has 2 rings (SSSR count). The maximum absolute atomic E-state index is 13.1. The summed E-state index contributed by atoms with van der Waals surface area (Å²) < 4.78 is 18.1. The topological polar surface area (TPSA) is 42.4 Å². The Morgan fingerprint density at radius 3 is 2.79 bits per heavy atom. The second kappa shape index (κ2) is 5.99. The van der Waals surface area contributed by atoms with Gasteiger partial charge >= 0.3 is 0 Å². The van der Waals surface area contributed by atoms with Gasteiger partial charge in [-0.3, -0.25) is 0 Å². The number of benzene rings is 1. The number of aliphatic hydroxyl groups excluding tert-OH is 1. The van der Waals surface area contributed by atoms with Gasteiger partial charge < -0.3 is 9.84 Å². The minimum atomic E-state index is -0.876. The van der Waals surface area contributed by atoms with Crippen LogP contribution in [0.5, 0.6) is 5.88 Å². The largest absolute Gasteiger partial charge is 0.481 e. The quantitative estimate of drug-likeness (QED) is 0.936. The zero-order valence-corrected chi connectivity index (χ0v) is 11.1. The van der Waals surface area contributed by atoms with E-state index in [2.05, 4.69) is 4.98 Å². The van der Waals surface area contributed by atoms with Crippen molar-refractivity contribution in [3.05, 3.63) is 58.5 Å². The summed E-state index contributed by atoms with van der Waals surface area (Å²) in [6.07, 6.45) is 1.04. The highest BCUT2D eigenvalue weighted by Crippen LogP contribution is 2.26. The van der Waals surface area contributed by atoms with Gasteiger partial charge in [0.2, 0.25) is 5.88 Å². The van der Waals surface area contributed by atoms with E-state index in [0.29, 0.717) is 22.9 Å². The van der Waals surface area contributed by atoms with Crippen LogP contribution >= 0.6 is 11.6 Å². The summed E-state index contributed by atoms with van der Waals surface area (Å²) >= 11 is 5.94. The van der Waals surface area contributed by atoms with Crippen molar-refractivity contribution in [2.75, 3.05) is 7.11 Å². The molecule has 0 amide bonds. The van der Waals surface area contributed by atoms with Crippen LogP contribution in [-0.2, 0) is 6.42 Å². The molecular weight excluding hydrogens is 269 g/mol. The summed E-state index contributed by atoms with van der Waals surface area (Å²) in [5.74, 6) is 0.0772. The third-order valence-corrected chi connectivity index (χ3v) is 3.10. The molecule has 0 saturated carbocycles. The van der Waals surface area contributed by atoms with E-state index in [4.69, 9.17) is 16.3 Å². The van der Waals surface area contributed by atoms with Gasteiger partial charge in [0.25, 0.3) is 0 Å². The minimum absolute atomic E-state index is 0.306. The van der Waals surface area contributed by atoms with Gasteiger partial charge in [0, 0.05) is 29.3 Å². The molecule has 1 N–H and O–H groups in total. The molecular formula is C14H13ClFNO2. The Bertz CT molecular complexity index is 560. The molecule has 1 heterocycles. The van der Waals surface area contributed by atoms with Gasteiger partial charge in [-0.2, -0.15) is 0 Å². The van der Waals surface area contributed by atoms with E-state index >= 15 is 0 Å². The molecule has 0 aliphatic heterocycles. The zero-order chi connectivity index (χ0) is 13.8. The number of methoxy groups -OCH3 is 1. The summed E-state index contributed by atoms with van der Waals surface area (Å²) in [5.41, 5.74) is 1.19. The smallest absolute Gasteiger partial charge is 0.212 e. The van der Waals surface area contributed by atoms with Crippen LogP contribution in [0.1, 0.15) is 17.2 Å². The van der Waals surface area contributed by atoms with Crippen molar-refractivity contribution in [3.63, 3.8) is 0 Å². The van der Waals surface area contributed by atoms with Crippen molar-refractivity contribution in [1.29, 1.82) is 0 Å². The van der Waals surface area contributed by atoms with Gasteiger partial charge in [0.15, 0.2) is 0 Å². The van der Waals surface area contributed by atoms with E-state index in [1.54, 1.807) is 18.3 Å². The lowest BCUT2D eigenvalue weighted by Gasteiger charge is -2.13. The van der Waals surface area contributed by atoms with E-state index in [1.807, 2.05) is 0 Å². The van der Waals surface area contributed by atoms with Crippen LogP contribution in [0.2, 0.25) is 5.02 Å². The Morgan fingerprint density at radius 2 is 2.16 bits per heavy atom. The van der Waals surface area contributed by atoms with Crippen LogP contribution in [-0.4, -0.2) is 17.2 Å². The van der Waals surface area contributed by atoms with Crippen LogP contribution in [0.4, 0.5) is 4.39 Å². The first kappa shape index (κ1) is 13.8. The lowest BCUT2D eigenvalue weighted by atomic mass is 10.0. The minimum Gasteiger partial charge on any atom is -0.481 e. The predicted octanol–water partition coefficient (Wildman–Crippen LogP) is 3.16. The highest BCUT2D eigenvalue weighted by molar-refractivity contribution is 6.31. The molecule has 0 fully saturated rings. The van der Waals surface area contributed by atoms with Crippen molar-refractivity contribution in [1.82, 2.24) is 4.98 Å². The number of nitrogens with zero attached hydrogens (tertiary/aromatic N) is 1. The molecule has 1 aromatic carbocycles. The molecule has 1 atom stereocenters. The first-order chi connectivity index (χ1) is 9.10. The highest BCUT2D eigenvalue weighted by Gasteiger charge is 2.13. The first-order valence-electron chi connectivity index (χ1n) is 5.72. The van der Waals surface area contributed by atoms with Gasteiger partial charge in [-0.15, -0.1) is 0 Å². The third-order valence-electron chi connectivity index (χ3n) is 2.75. The van der Waals surface area contributed by atoms with Crippen molar-refractivity contribution < 1.29 is 14.2 Å². The molecule has 0 saturated heterocycles. The molecule has 0 aliphatic carbocycles. The van der Waals surface area contributed by atoms with Crippen molar-refractivity contribution >= 4 is 11.6 Å². The Kier molecular flexibility index (Phi) is 4.35. The molecule has 0 aliphatic rings. The summed E-state index contributed by atoms with van der Waals surface area (Å²) in [6, 6.07) is 7.43. The van der Waals surface area contributed by atoms with Crippen molar-refractivity contribution in [2.45, 2.75) is 12.5 Å². The lowest BCUT2D eigenvalue weighted by Crippen LogP contribution is -2.03. The zero-order valence-electron chi connectivity index (χ0n) is 10.3. The van der Waals surface area contributed by atoms with Gasteiger partial charge in [-0.25, -0.2) is 9.37 Å². The number of aliphatic hydroxyl groups is 1. The lowest BCUT2D eigenvalue weighted by molar-refractivity contribution is 0.178. The van der Waals surface area contributed by atoms with Crippen LogP contribution in [0.3, 0.4) is 0 Å². The van der Waals surface area contributed by atoms with Crippen LogP contribution in [0, 0.1) is 5.82 Å². The highest BCUT2D eigenvalue weighted by atomic mass is 35.5. The number of rotatable bonds is 4. The Labute approximate surface area is 115 Å². The van der Waals surface area contributed by atoms with E-state index < -0.39 is 11.9 Å². The average Bonchev–Trinajstić information content (AvgIpc) is 2.42. The van der Waals surface area contributed by atoms with Crippen LogP contribution in [0.15, 0.2) is 36.5 Å². The number of ether oxygens (including phenoxy) is 1. The number of pyridine rings is 1. The molecule has 3 nitrogen and oxygen atoms in total. The number of hydrogen-bond acceptors (Lipinski definition) is 3. The summed E-state index contributed by atoms with van der Waals surface area (Å²) in [5, 5.41) is 10.4. The van der Waals surface area contributed by atoms with E-state index in [0.717, 1.165) is 5.56 Å². The second-order valence-corrected chi connectivity index (χ2v) is 4.50. The molecule has 1 unspecified atom stereocenters. The monoisotopic (exact) mass is 281 g/mol. The second-order valence-electron chi connectivity index (χ2n) is 4.09. The average molecular weight is 282 g/mol. The summed E-state index contributed by atoms with van der Waals surface area (Å²) in [7, 11) is 1.53. The summed E-state index contributed by atoms with van der Waals surface area (Å²) in [6.45, 7) is 0. The van der Waals surface area contributed by atoms with E-state index in [9.17, 15) is 9.50 Å². The van der Waals surface area contributed by atoms with Crippen LogP contribution in [0.25, 0.3) is 0 Å². The van der Waals surface area contributed by atoms with Gasteiger partial charge in [0.1, 0.15) is 5.82 Å². The maximum Gasteiger partial charge on any atom is 0.212 e. The number of aromatic nitrogens is 1. The molecule has 19 heavy (non-hydrogen) atoms. The molecule has 0 radical (unpaired) electrons. The molecule has 0 spiro atoms. The normalized spacial score (nSPS) is 12.2. The fraction of sp³-hybridized carbons (Fsp3) is 0.214. The molecule has 2 aromatic rings. The number of hydrogen-bond donors (Lipinski definition) is 1. The van der Waals surface area contributed by atoms with Crippen molar-refractivity contribution in [3.8, 4) is 5.88 Å². The SMILES string of the molecule is COc1ccc(CC(O)c2cc(F)ccc2Cl)cn1. The Hall–Kier alpha value is -1.65. The van der Waals surface area contributed by atoms with E-state index in [-0.39, 0.29) is 0 Å². The third kappa shape index (κ3) is 3.43. The van der Waals surface area contributed by atoms with Crippen molar-refractivity contribution in [2.24, 2.45) is 0 Å². The molecule has 1 aromatic heterocycles.